The molecule has 3 nitrogen and oxygen atoms in total. The van der Waals surface area contributed by atoms with Crippen LogP contribution in [0.15, 0.2) is 22.8 Å². The van der Waals surface area contributed by atoms with Gasteiger partial charge in [0.1, 0.15) is 5.76 Å². The molecule has 2 aliphatic heterocycles. The molecule has 2 unspecified atom stereocenters. The van der Waals surface area contributed by atoms with Crippen LogP contribution in [-0.2, 0) is 6.54 Å². The van der Waals surface area contributed by atoms with Gasteiger partial charge in [-0.15, -0.1) is 0 Å². The van der Waals surface area contributed by atoms with Gasteiger partial charge in [0.25, 0.3) is 0 Å². The average molecular weight is 262 g/mol. The quantitative estimate of drug-likeness (QED) is 0.854. The Bertz CT molecular complexity index is 364. The van der Waals surface area contributed by atoms with Crippen molar-refractivity contribution in [2.75, 3.05) is 13.1 Å². The molecule has 0 saturated carbocycles. The number of nitrogens with zero attached hydrogens (tertiary/aromatic N) is 1. The molecular formula is C16H26N2O. The maximum Gasteiger partial charge on any atom is 0.117 e. The summed E-state index contributed by atoms with van der Waals surface area (Å²) in [5.41, 5.74) is 0. The second-order valence-corrected chi connectivity index (χ2v) is 6.21. The van der Waals surface area contributed by atoms with Gasteiger partial charge in [-0.05, 0) is 63.2 Å². The summed E-state index contributed by atoms with van der Waals surface area (Å²) in [5, 5.41) is 3.73. The van der Waals surface area contributed by atoms with Crippen molar-refractivity contribution in [1.82, 2.24) is 10.2 Å². The summed E-state index contributed by atoms with van der Waals surface area (Å²) in [6.07, 6.45) is 8.73. The Morgan fingerprint density at radius 3 is 2.74 bits per heavy atom. The van der Waals surface area contributed by atoms with Gasteiger partial charge >= 0.3 is 0 Å². The molecule has 0 aliphatic carbocycles. The average Bonchev–Trinajstić information content (AvgIpc) is 3.04. The Kier molecular flexibility index (Phi) is 4.24. The van der Waals surface area contributed by atoms with E-state index in [0.29, 0.717) is 0 Å². The molecule has 0 amide bonds. The summed E-state index contributed by atoms with van der Waals surface area (Å²) in [6.45, 7) is 5.52. The topological polar surface area (TPSA) is 28.4 Å². The Morgan fingerprint density at radius 1 is 1.32 bits per heavy atom. The first-order chi connectivity index (χ1) is 9.33. The zero-order valence-corrected chi connectivity index (χ0v) is 12.0. The van der Waals surface area contributed by atoms with Crippen molar-refractivity contribution in [1.29, 1.82) is 0 Å². The van der Waals surface area contributed by atoms with E-state index in [1.165, 1.54) is 38.6 Å². The van der Waals surface area contributed by atoms with E-state index in [9.17, 15) is 0 Å². The van der Waals surface area contributed by atoms with E-state index in [1.807, 2.05) is 6.07 Å². The minimum absolute atomic E-state index is 0.823. The van der Waals surface area contributed by atoms with E-state index >= 15 is 0 Å². The first-order valence-corrected chi connectivity index (χ1v) is 7.84. The van der Waals surface area contributed by atoms with Crippen LogP contribution in [0.2, 0.25) is 0 Å². The van der Waals surface area contributed by atoms with E-state index in [0.717, 1.165) is 36.9 Å². The zero-order chi connectivity index (χ0) is 13.1. The van der Waals surface area contributed by atoms with Crippen LogP contribution in [0.5, 0.6) is 0 Å². The van der Waals surface area contributed by atoms with Gasteiger partial charge in [-0.1, -0.05) is 6.92 Å². The van der Waals surface area contributed by atoms with Crippen LogP contribution in [0.4, 0.5) is 0 Å². The Morgan fingerprint density at radius 2 is 2.11 bits per heavy atom. The van der Waals surface area contributed by atoms with Gasteiger partial charge in [0.2, 0.25) is 0 Å². The van der Waals surface area contributed by atoms with Crippen molar-refractivity contribution in [3.8, 4) is 0 Å². The molecule has 1 aromatic rings. The van der Waals surface area contributed by atoms with Crippen LogP contribution >= 0.6 is 0 Å². The molecule has 19 heavy (non-hydrogen) atoms. The Labute approximate surface area is 116 Å². The highest BCUT2D eigenvalue weighted by Crippen LogP contribution is 2.32. The summed E-state index contributed by atoms with van der Waals surface area (Å²) in [7, 11) is 0. The smallest absolute Gasteiger partial charge is 0.117 e. The second kappa shape index (κ2) is 6.10. The van der Waals surface area contributed by atoms with E-state index in [4.69, 9.17) is 4.42 Å². The summed E-state index contributed by atoms with van der Waals surface area (Å²) in [6, 6.07) is 5.70. The first kappa shape index (κ1) is 13.2. The lowest BCUT2D eigenvalue weighted by Crippen LogP contribution is -2.39. The molecule has 2 aliphatic rings. The SMILES string of the molecule is CCN(CCC1CC2CCC(C1)N2)Cc1ccco1. The summed E-state index contributed by atoms with van der Waals surface area (Å²) in [5.74, 6) is 2.02. The minimum Gasteiger partial charge on any atom is -0.468 e. The number of rotatable bonds is 6. The molecule has 2 fully saturated rings. The maximum atomic E-state index is 5.45. The number of fused-ring (bicyclic) bond motifs is 2. The molecule has 3 rings (SSSR count). The third kappa shape index (κ3) is 3.40. The third-order valence-corrected chi connectivity index (χ3v) is 4.83. The normalized spacial score (nSPS) is 30.1. The van der Waals surface area contributed by atoms with Crippen molar-refractivity contribution in [2.45, 2.75) is 57.7 Å². The van der Waals surface area contributed by atoms with Crippen LogP contribution in [0.1, 0.15) is 44.8 Å². The number of furan rings is 1. The Hall–Kier alpha value is -0.800. The zero-order valence-electron chi connectivity index (χ0n) is 12.0. The highest BCUT2D eigenvalue weighted by molar-refractivity contribution is 4.98. The lowest BCUT2D eigenvalue weighted by molar-refractivity contribution is 0.209. The van der Waals surface area contributed by atoms with Gasteiger partial charge in [-0.3, -0.25) is 4.90 Å². The fourth-order valence-electron chi connectivity index (χ4n) is 3.75. The molecule has 0 aromatic carbocycles. The van der Waals surface area contributed by atoms with Crippen molar-refractivity contribution >= 4 is 0 Å². The van der Waals surface area contributed by atoms with Crippen molar-refractivity contribution < 1.29 is 4.42 Å². The molecule has 2 atom stereocenters. The molecule has 2 bridgehead atoms. The van der Waals surface area contributed by atoms with Gasteiger partial charge in [0.05, 0.1) is 12.8 Å². The minimum atomic E-state index is 0.823. The van der Waals surface area contributed by atoms with Crippen LogP contribution in [0.3, 0.4) is 0 Å². The number of piperidine rings is 1. The van der Waals surface area contributed by atoms with E-state index in [-0.39, 0.29) is 0 Å². The monoisotopic (exact) mass is 262 g/mol. The van der Waals surface area contributed by atoms with Gasteiger partial charge in [0, 0.05) is 12.1 Å². The van der Waals surface area contributed by atoms with Crippen LogP contribution in [-0.4, -0.2) is 30.1 Å². The molecule has 3 heterocycles. The van der Waals surface area contributed by atoms with E-state index in [2.05, 4.69) is 23.2 Å². The molecule has 1 N–H and O–H groups in total. The fraction of sp³-hybridized carbons (Fsp3) is 0.750. The van der Waals surface area contributed by atoms with Gasteiger partial charge in [-0.25, -0.2) is 0 Å². The second-order valence-electron chi connectivity index (χ2n) is 6.21. The summed E-state index contributed by atoms with van der Waals surface area (Å²) in [4.78, 5) is 2.50. The third-order valence-electron chi connectivity index (χ3n) is 4.83. The summed E-state index contributed by atoms with van der Waals surface area (Å²) >= 11 is 0. The number of nitrogens with one attached hydrogen (secondary N) is 1. The highest BCUT2D eigenvalue weighted by atomic mass is 16.3. The lowest BCUT2D eigenvalue weighted by Gasteiger charge is -2.30. The van der Waals surface area contributed by atoms with Crippen molar-refractivity contribution in [3.05, 3.63) is 24.2 Å². The lowest BCUT2D eigenvalue weighted by atomic mass is 9.89. The number of hydrogen-bond acceptors (Lipinski definition) is 3. The fourth-order valence-corrected chi connectivity index (χ4v) is 3.75. The van der Waals surface area contributed by atoms with E-state index < -0.39 is 0 Å². The highest BCUT2D eigenvalue weighted by Gasteiger charge is 2.33. The van der Waals surface area contributed by atoms with Gasteiger partial charge < -0.3 is 9.73 Å². The standard InChI is InChI=1S/C16H26N2O/c1-2-18(12-16-4-3-9-19-16)8-7-13-10-14-5-6-15(11-13)17-14/h3-4,9,13-15,17H,2,5-8,10-12H2,1H3. The molecule has 2 saturated heterocycles. The van der Waals surface area contributed by atoms with Crippen LogP contribution < -0.4 is 5.32 Å². The molecule has 0 spiro atoms. The van der Waals surface area contributed by atoms with E-state index in [1.54, 1.807) is 6.26 Å². The molecule has 0 radical (unpaired) electrons. The molecular weight excluding hydrogens is 236 g/mol. The van der Waals surface area contributed by atoms with Gasteiger partial charge in [-0.2, -0.15) is 0 Å². The molecule has 1 aromatic heterocycles. The molecule has 3 heteroatoms. The first-order valence-electron chi connectivity index (χ1n) is 7.84. The predicted octanol–water partition coefficient (Wildman–Crippen LogP) is 3.02. The summed E-state index contributed by atoms with van der Waals surface area (Å²) < 4.78 is 5.45. The van der Waals surface area contributed by atoms with Crippen LogP contribution in [0.25, 0.3) is 0 Å². The largest absolute Gasteiger partial charge is 0.468 e. The number of hydrogen-bond donors (Lipinski definition) is 1. The molecule has 106 valence electrons. The van der Waals surface area contributed by atoms with Gasteiger partial charge in [0.15, 0.2) is 0 Å². The predicted molar refractivity (Wildman–Crippen MR) is 76.9 cm³/mol. The Balaban J connectivity index is 1.45. The van der Waals surface area contributed by atoms with Crippen molar-refractivity contribution in [2.24, 2.45) is 5.92 Å². The maximum absolute atomic E-state index is 5.45. The van der Waals surface area contributed by atoms with Crippen molar-refractivity contribution in [3.63, 3.8) is 0 Å². The van der Waals surface area contributed by atoms with Crippen LogP contribution in [0, 0.1) is 5.92 Å².